The van der Waals surface area contributed by atoms with Crippen LogP contribution in [0.15, 0.2) is 67.3 Å². The Kier molecular flexibility index (Phi) is 5.59. The Morgan fingerprint density at radius 1 is 1.21 bits per heavy atom. The minimum Gasteiger partial charge on any atom is -0.468 e. The van der Waals surface area contributed by atoms with E-state index in [1.54, 1.807) is 61.5 Å². The molecule has 2 aromatic rings. The van der Waals surface area contributed by atoms with Crippen LogP contribution in [-0.4, -0.2) is 31.0 Å². The van der Waals surface area contributed by atoms with Gasteiger partial charge in [0.25, 0.3) is 0 Å². The highest BCUT2D eigenvalue weighted by Gasteiger charge is 2.55. The number of Topliss-reactive ketones (excluding diaryl/α,β-unsaturated/α-hetero) is 1. The van der Waals surface area contributed by atoms with Crippen molar-refractivity contribution in [1.82, 2.24) is 0 Å². The van der Waals surface area contributed by atoms with Gasteiger partial charge in [0, 0.05) is 0 Å². The summed E-state index contributed by atoms with van der Waals surface area (Å²) in [6.45, 7) is 5.50. The molecule has 0 saturated carbocycles. The molecular formula is C22H21NO5. The van der Waals surface area contributed by atoms with Crippen molar-refractivity contribution in [2.75, 3.05) is 11.5 Å². The van der Waals surface area contributed by atoms with Gasteiger partial charge in [-0.25, -0.2) is 9.69 Å². The maximum absolute atomic E-state index is 13.3. The molecule has 0 aliphatic carbocycles. The van der Waals surface area contributed by atoms with E-state index >= 15 is 0 Å². The van der Waals surface area contributed by atoms with Gasteiger partial charge in [0.15, 0.2) is 5.78 Å². The third kappa shape index (κ3) is 3.17. The summed E-state index contributed by atoms with van der Waals surface area (Å²) in [5.74, 6) is -0.108. The van der Waals surface area contributed by atoms with Crippen molar-refractivity contribution in [3.63, 3.8) is 0 Å². The van der Waals surface area contributed by atoms with Crippen LogP contribution in [0.5, 0.6) is 5.75 Å². The number of rotatable bonds is 6. The van der Waals surface area contributed by atoms with E-state index in [9.17, 15) is 14.4 Å². The van der Waals surface area contributed by atoms with Crippen molar-refractivity contribution in [3.05, 3.63) is 72.8 Å². The first kappa shape index (κ1) is 19.4. The van der Waals surface area contributed by atoms with Gasteiger partial charge in [-0.3, -0.25) is 4.79 Å². The van der Waals surface area contributed by atoms with Crippen molar-refractivity contribution in [3.8, 4) is 5.75 Å². The lowest BCUT2D eigenvalue weighted by molar-refractivity contribution is -0.118. The number of para-hydroxylation sites is 2. The van der Waals surface area contributed by atoms with E-state index in [0.717, 1.165) is 0 Å². The highest BCUT2D eigenvalue weighted by atomic mass is 16.6. The second-order valence-corrected chi connectivity index (χ2v) is 6.35. The number of anilines is 1. The van der Waals surface area contributed by atoms with Crippen LogP contribution in [0.3, 0.4) is 0 Å². The number of carbonyl (C=O) groups is 3. The minimum absolute atomic E-state index is 0.0110. The number of allylic oxidation sites excluding steroid dienone is 1. The van der Waals surface area contributed by atoms with Crippen molar-refractivity contribution < 1.29 is 23.9 Å². The third-order valence-corrected chi connectivity index (χ3v) is 4.66. The van der Waals surface area contributed by atoms with Crippen LogP contribution in [0, 0.1) is 5.41 Å². The number of fused-ring (bicyclic) bond motifs is 1. The molecule has 28 heavy (non-hydrogen) atoms. The average Bonchev–Trinajstić information content (AvgIpc) is 2.72. The van der Waals surface area contributed by atoms with Crippen molar-refractivity contribution >= 4 is 23.9 Å². The smallest absolute Gasteiger partial charge is 0.417 e. The van der Waals surface area contributed by atoms with Crippen molar-refractivity contribution in [1.29, 1.82) is 0 Å². The van der Waals surface area contributed by atoms with Crippen LogP contribution in [0.4, 0.5) is 10.5 Å². The van der Waals surface area contributed by atoms with Crippen LogP contribution >= 0.6 is 0 Å². The van der Waals surface area contributed by atoms with Crippen molar-refractivity contribution in [2.45, 2.75) is 19.6 Å². The van der Waals surface area contributed by atoms with Crippen LogP contribution < -0.4 is 9.64 Å². The maximum Gasteiger partial charge on any atom is 0.417 e. The van der Waals surface area contributed by atoms with Gasteiger partial charge in [0.1, 0.15) is 17.5 Å². The molecule has 0 N–H and O–H groups in total. The van der Waals surface area contributed by atoms with Gasteiger partial charge in [-0.15, -0.1) is 6.58 Å². The van der Waals surface area contributed by atoms with Crippen LogP contribution in [-0.2, 0) is 9.53 Å². The summed E-state index contributed by atoms with van der Waals surface area (Å²) in [4.78, 5) is 39.7. The number of carbonyl (C=O) groups excluding carboxylic acids is 3. The number of ether oxygens (including phenoxy) is 2. The molecule has 0 spiro atoms. The molecule has 1 aliphatic rings. The zero-order valence-electron chi connectivity index (χ0n) is 15.5. The fourth-order valence-corrected chi connectivity index (χ4v) is 3.34. The van der Waals surface area contributed by atoms with Crippen LogP contribution in [0.25, 0.3) is 0 Å². The monoisotopic (exact) mass is 379 g/mol. The fraction of sp³-hybridized carbons (Fsp3) is 0.227. The number of hydrogen-bond donors (Lipinski definition) is 0. The molecule has 0 unspecified atom stereocenters. The predicted octanol–water partition coefficient (Wildman–Crippen LogP) is 4.01. The minimum atomic E-state index is -1.64. The standard InChI is InChI=1S/C22H21NO5/c1-3-14-22(15-24)19(25)17-12-8-9-13-18(17)28-20(22)23(21(26)27-4-2)16-10-6-5-7-11-16/h3,5-13,15,20H,1,4,14H2,2H3/t20-,22+/m1/s1. The second-order valence-electron chi connectivity index (χ2n) is 6.35. The van der Waals surface area contributed by atoms with Crippen molar-refractivity contribution in [2.24, 2.45) is 5.41 Å². The average molecular weight is 379 g/mol. The molecule has 6 nitrogen and oxygen atoms in total. The zero-order valence-corrected chi connectivity index (χ0v) is 15.5. The summed E-state index contributed by atoms with van der Waals surface area (Å²) in [5.41, 5.74) is -0.892. The Labute approximate surface area is 163 Å². The van der Waals surface area contributed by atoms with E-state index in [-0.39, 0.29) is 13.0 Å². The van der Waals surface area contributed by atoms with Gasteiger partial charge in [-0.05, 0) is 37.6 Å². The normalized spacial score (nSPS) is 20.5. The second kappa shape index (κ2) is 8.08. The van der Waals surface area contributed by atoms with E-state index in [4.69, 9.17) is 9.47 Å². The molecule has 0 saturated heterocycles. The highest BCUT2D eigenvalue weighted by molar-refractivity contribution is 6.13. The molecule has 0 radical (unpaired) electrons. The van der Waals surface area contributed by atoms with E-state index in [2.05, 4.69) is 6.58 Å². The molecule has 0 bridgehead atoms. The van der Waals surface area contributed by atoms with Gasteiger partial charge >= 0.3 is 6.09 Å². The highest BCUT2D eigenvalue weighted by Crippen LogP contribution is 2.43. The Bertz CT molecular complexity index is 895. The molecular weight excluding hydrogens is 358 g/mol. The topological polar surface area (TPSA) is 72.9 Å². The first-order chi connectivity index (χ1) is 13.6. The Morgan fingerprint density at radius 3 is 2.54 bits per heavy atom. The van der Waals surface area contributed by atoms with Crippen LogP contribution in [0.2, 0.25) is 0 Å². The first-order valence-corrected chi connectivity index (χ1v) is 8.97. The summed E-state index contributed by atoms with van der Waals surface area (Å²) in [7, 11) is 0. The quantitative estimate of drug-likeness (QED) is 0.431. The predicted molar refractivity (Wildman–Crippen MR) is 104 cm³/mol. The molecule has 2 aromatic carbocycles. The van der Waals surface area contributed by atoms with Gasteiger partial charge in [-0.1, -0.05) is 36.4 Å². The summed E-state index contributed by atoms with van der Waals surface area (Å²) in [6, 6.07) is 15.3. The van der Waals surface area contributed by atoms with Gasteiger partial charge in [0.2, 0.25) is 6.23 Å². The van der Waals surface area contributed by atoms with Crippen LogP contribution in [0.1, 0.15) is 23.7 Å². The third-order valence-electron chi connectivity index (χ3n) is 4.66. The number of nitrogens with zero attached hydrogens (tertiary/aromatic N) is 1. The molecule has 2 atom stereocenters. The SMILES string of the molecule is C=CC[C@]1(C=O)C(=O)c2ccccc2O[C@H]1N(C(=O)OCC)c1ccccc1. The lowest BCUT2D eigenvalue weighted by Crippen LogP contribution is -2.60. The van der Waals surface area contributed by atoms with E-state index in [1.807, 2.05) is 0 Å². The number of aldehydes is 1. The van der Waals surface area contributed by atoms with Gasteiger partial charge in [0.05, 0.1) is 17.9 Å². The van der Waals surface area contributed by atoms with Gasteiger partial charge < -0.3 is 14.3 Å². The van der Waals surface area contributed by atoms with E-state index in [1.165, 1.54) is 11.0 Å². The Balaban J connectivity index is 2.21. The van der Waals surface area contributed by atoms with E-state index in [0.29, 0.717) is 23.3 Å². The maximum atomic E-state index is 13.3. The molecule has 3 rings (SSSR count). The summed E-state index contributed by atoms with van der Waals surface area (Å²) in [6.07, 6.45) is 0.113. The molecule has 1 heterocycles. The summed E-state index contributed by atoms with van der Waals surface area (Å²) in [5, 5.41) is 0. The molecule has 144 valence electrons. The molecule has 1 amide bonds. The molecule has 6 heteroatoms. The van der Waals surface area contributed by atoms with Gasteiger partial charge in [-0.2, -0.15) is 0 Å². The number of hydrogen-bond acceptors (Lipinski definition) is 5. The summed E-state index contributed by atoms with van der Waals surface area (Å²) >= 11 is 0. The Morgan fingerprint density at radius 2 is 1.89 bits per heavy atom. The number of ketones is 1. The van der Waals surface area contributed by atoms with E-state index < -0.39 is 23.5 Å². The molecule has 0 fully saturated rings. The lowest BCUT2D eigenvalue weighted by atomic mass is 9.74. The first-order valence-electron chi connectivity index (χ1n) is 8.97. The molecule has 1 aliphatic heterocycles. The number of benzene rings is 2. The fourth-order valence-electron chi connectivity index (χ4n) is 3.34. The lowest BCUT2D eigenvalue weighted by Gasteiger charge is -2.43. The number of amides is 1. The summed E-state index contributed by atoms with van der Waals surface area (Å²) < 4.78 is 11.3. The largest absolute Gasteiger partial charge is 0.468 e. The Hall–Kier alpha value is -3.41. The molecule has 0 aromatic heterocycles. The zero-order chi connectivity index (χ0) is 20.1.